The molecule has 52 heavy (non-hydrogen) atoms. The highest BCUT2D eigenvalue weighted by molar-refractivity contribution is 5.95. The van der Waals surface area contributed by atoms with Crippen molar-refractivity contribution in [1.82, 2.24) is 26.6 Å². The smallest absolute Gasteiger partial charge is 0.407 e. The number of carbonyl (C=O) groups is 6. The fourth-order valence-electron chi connectivity index (χ4n) is 5.13. The van der Waals surface area contributed by atoms with E-state index >= 15 is 0 Å². The zero-order valence-corrected chi connectivity index (χ0v) is 31.0. The van der Waals surface area contributed by atoms with Crippen LogP contribution in [0.1, 0.15) is 83.9 Å². The average molecular weight is 717 g/mol. The third kappa shape index (κ3) is 13.7. The summed E-state index contributed by atoms with van der Waals surface area (Å²) in [6.07, 6.45) is -0.183. The number of hydrogen-bond acceptors (Lipinski definition) is 7. The minimum atomic E-state index is -0.895. The molecular formula is C39H52N6O7. The first kappa shape index (κ1) is 41.0. The number of benzene rings is 2. The van der Waals surface area contributed by atoms with Crippen molar-refractivity contribution in [3.63, 3.8) is 0 Å². The molecule has 0 saturated carbocycles. The molecule has 2 aromatic rings. The maximum atomic E-state index is 13.4. The van der Waals surface area contributed by atoms with Gasteiger partial charge in [-0.25, -0.2) is 4.79 Å². The van der Waals surface area contributed by atoms with Gasteiger partial charge >= 0.3 is 6.09 Å². The zero-order chi connectivity index (χ0) is 38.3. The van der Waals surface area contributed by atoms with E-state index in [-0.39, 0.29) is 75.1 Å². The molecule has 1 aliphatic rings. The van der Waals surface area contributed by atoms with Gasteiger partial charge in [0.2, 0.25) is 29.5 Å². The third-order valence-electron chi connectivity index (χ3n) is 7.99. The lowest BCUT2D eigenvalue weighted by atomic mass is 9.99. The Balaban J connectivity index is 1.37. The minimum Gasteiger partial charge on any atom is -0.449 e. The van der Waals surface area contributed by atoms with Gasteiger partial charge in [-0.15, -0.1) is 0 Å². The van der Waals surface area contributed by atoms with Crippen molar-refractivity contribution in [2.24, 2.45) is 11.3 Å². The first-order valence-electron chi connectivity index (χ1n) is 17.7. The predicted molar refractivity (Wildman–Crippen MR) is 198 cm³/mol. The van der Waals surface area contributed by atoms with Crippen LogP contribution in [0.5, 0.6) is 0 Å². The first-order valence-corrected chi connectivity index (χ1v) is 17.7. The molecule has 280 valence electrons. The molecule has 0 spiro atoms. The second-order valence-electron chi connectivity index (χ2n) is 14.2. The molecule has 2 atom stereocenters. The predicted octanol–water partition coefficient (Wildman–Crippen LogP) is 3.14. The van der Waals surface area contributed by atoms with Crippen LogP contribution in [0.3, 0.4) is 0 Å². The summed E-state index contributed by atoms with van der Waals surface area (Å²) in [5, 5.41) is 13.3. The summed E-state index contributed by atoms with van der Waals surface area (Å²) in [4.78, 5) is 77.5. The normalized spacial score (nSPS) is 13.0. The van der Waals surface area contributed by atoms with Gasteiger partial charge in [-0.05, 0) is 48.4 Å². The molecule has 0 saturated heterocycles. The summed E-state index contributed by atoms with van der Waals surface area (Å²) in [5.41, 5.74) is 3.11. The molecule has 0 aliphatic carbocycles. The van der Waals surface area contributed by atoms with Crippen LogP contribution in [0.4, 0.5) is 10.5 Å². The Kier molecular flexibility index (Phi) is 15.7. The van der Waals surface area contributed by atoms with Gasteiger partial charge in [0.1, 0.15) is 12.1 Å². The number of para-hydroxylation sites is 1. The largest absolute Gasteiger partial charge is 0.449 e. The number of anilines is 1. The number of hydrogen-bond donors (Lipinski definition) is 5. The summed E-state index contributed by atoms with van der Waals surface area (Å²) in [6, 6.07) is 13.4. The molecule has 1 heterocycles. The van der Waals surface area contributed by atoms with Crippen LogP contribution in [0.25, 0.3) is 0 Å². The Morgan fingerprint density at radius 3 is 2.10 bits per heavy atom. The van der Waals surface area contributed by atoms with Crippen molar-refractivity contribution < 1.29 is 33.5 Å². The molecular weight excluding hydrogens is 664 g/mol. The molecule has 5 N–H and O–H groups in total. The topological polar surface area (TPSA) is 175 Å². The van der Waals surface area contributed by atoms with E-state index in [9.17, 15) is 28.8 Å². The number of nitrogens with zero attached hydrogens (tertiary/aromatic N) is 1. The number of nitrogens with one attached hydrogen (secondary N) is 5. The Hall–Kier alpha value is -5.38. The van der Waals surface area contributed by atoms with Crippen molar-refractivity contribution in [2.75, 3.05) is 31.1 Å². The Bertz CT molecular complexity index is 1660. The van der Waals surface area contributed by atoms with E-state index in [2.05, 4.69) is 38.4 Å². The van der Waals surface area contributed by atoms with Crippen LogP contribution in [0.15, 0.2) is 48.5 Å². The van der Waals surface area contributed by atoms with Gasteiger partial charge in [0.25, 0.3) is 0 Å². The summed E-state index contributed by atoms with van der Waals surface area (Å²) >= 11 is 0. The molecule has 1 aliphatic heterocycles. The molecule has 0 aromatic heterocycles. The van der Waals surface area contributed by atoms with Crippen LogP contribution in [0.2, 0.25) is 0 Å². The molecule has 13 nitrogen and oxygen atoms in total. The van der Waals surface area contributed by atoms with Crippen LogP contribution in [-0.4, -0.2) is 74.0 Å². The first-order chi connectivity index (χ1) is 24.6. The highest BCUT2D eigenvalue weighted by Crippen LogP contribution is 2.26. The van der Waals surface area contributed by atoms with Gasteiger partial charge in [-0.3, -0.25) is 24.0 Å². The molecule has 6 amide bonds. The lowest BCUT2D eigenvalue weighted by Gasteiger charge is -2.26. The maximum absolute atomic E-state index is 13.4. The summed E-state index contributed by atoms with van der Waals surface area (Å²) in [5.74, 6) is 4.27. The van der Waals surface area contributed by atoms with Crippen molar-refractivity contribution in [3.8, 4) is 11.8 Å². The minimum absolute atomic E-state index is 0.00901. The van der Waals surface area contributed by atoms with Gasteiger partial charge in [0.05, 0.1) is 18.8 Å². The second-order valence-corrected chi connectivity index (χ2v) is 14.2. The van der Waals surface area contributed by atoms with E-state index in [1.54, 1.807) is 18.7 Å². The summed E-state index contributed by atoms with van der Waals surface area (Å²) < 4.78 is 5.11. The van der Waals surface area contributed by atoms with Gasteiger partial charge in [-0.2, -0.15) is 0 Å². The van der Waals surface area contributed by atoms with E-state index in [0.29, 0.717) is 6.54 Å². The molecule has 0 unspecified atom stereocenters. The number of alkyl carbamates (subject to hydrolysis) is 1. The molecule has 0 fully saturated rings. The zero-order valence-electron chi connectivity index (χ0n) is 31.0. The van der Waals surface area contributed by atoms with Crippen LogP contribution in [-0.2, 0) is 35.3 Å². The molecule has 13 heteroatoms. The summed E-state index contributed by atoms with van der Waals surface area (Å²) in [6.45, 7) is 11.9. The van der Waals surface area contributed by atoms with Gasteiger partial charge in [-0.1, -0.05) is 76.8 Å². The standard InChI is InChI=1S/C39H52N6O7/c1-26(2)35(37(50)43-27(3)36(49)41-22-23-42-38(51)52-25-39(4,5)6)44-33(47)17-11-16-32(46)40-21-20-34(48)45-24-30-14-8-7-12-28(30)18-19-29-13-9-10-15-31(29)45/h7-10,12-15,26-27,35H,11,16-17,20-25H2,1-6H3,(H,40,46)(H,41,49)(H,42,51)(H,43,50)(H,44,47)/t27-,35-/m0/s1. The summed E-state index contributed by atoms with van der Waals surface area (Å²) in [7, 11) is 0. The highest BCUT2D eigenvalue weighted by atomic mass is 16.5. The Labute approximate surface area is 306 Å². The molecule has 2 aromatic carbocycles. The quantitative estimate of drug-likeness (QED) is 0.131. The van der Waals surface area contributed by atoms with Crippen molar-refractivity contribution in [1.29, 1.82) is 0 Å². The number of ether oxygens (including phenoxy) is 1. The van der Waals surface area contributed by atoms with E-state index in [1.165, 1.54) is 6.92 Å². The Morgan fingerprint density at radius 2 is 1.38 bits per heavy atom. The highest BCUT2D eigenvalue weighted by Gasteiger charge is 2.27. The van der Waals surface area contributed by atoms with E-state index in [4.69, 9.17) is 4.74 Å². The fraction of sp³-hybridized carbons (Fsp3) is 0.487. The van der Waals surface area contributed by atoms with Crippen LogP contribution in [0, 0.1) is 23.2 Å². The monoisotopic (exact) mass is 716 g/mol. The SMILES string of the molecule is CC(C)[C@H](NC(=O)CCCC(=O)NCCC(=O)N1Cc2ccccc2C#Cc2ccccc21)C(=O)N[C@@H](C)C(=O)NCCNC(=O)OCC(C)(C)C. The van der Waals surface area contributed by atoms with Crippen molar-refractivity contribution in [2.45, 2.75) is 85.9 Å². The molecule has 3 rings (SSSR count). The Morgan fingerprint density at radius 1 is 0.750 bits per heavy atom. The number of carbonyl (C=O) groups excluding carboxylic acids is 6. The molecule has 0 bridgehead atoms. The van der Waals surface area contributed by atoms with E-state index in [1.807, 2.05) is 69.3 Å². The number of rotatable bonds is 16. The van der Waals surface area contributed by atoms with Crippen LogP contribution >= 0.6 is 0 Å². The van der Waals surface area contributed by atoms with Crippen molar-refractivity contribution in [3.05, 3.63) is 65.2 Å². The van der Waals surface area contributed by atoms with Gasteiger partial charge in [0.15, 0.2) is 0 Å². The maximum Gasteiger partial charge on any atom is 0.407 e. The van der Waals surface area contributed by atoms with Crippen molar-refractivity contribution >= 4 is 41.3 Å². The fourth-order valence-corrected chi connectivity index (χ4v) is 5.13. The van der Waals surface area contributed by atoms with Gasteiger partial charge in [0, 0.05) is 50.0 Å². The molecule has 0 radical (unpaired) electrons. The van der Waals surface area contributed by atoms with Crippen LogP contribution < -0.4 is 31.5 Å². The van der Waals surface area contributed by atoms with E-state index < -0.39 is 35.9 Å². The van der Waals surface area contributed by atoms with E-state index in [0.717, 1.165) is 22.4 Å². The lowest BCUT2D eigenvalue weighted by Crippen LogP contribution is -2.54. The third-order valence-corrected chi connectivity index (χ3v) is 7.99. The second kappa shape index (κ2) is 19.9. The number of fused-ring (bicyclic) bond motifs is 2. The average Bonchev–Trinajstić information content (AvgIpc) is 3.08. The van der Waals surface area contributed by atoms with Gasteiger partial charge < -0.3 is 36.2 Å². The lowest BCUT2D eigenvalue weighted by molar-refractivity contribution is -0.132. The number of amides is 6.